The van der Waals surface area contributed by atoms with Gasteiger partial charge in [0.2, 0.25) is 0 Å². The van der Waals surface area contributed by atoms with Crippen molar-refractivity contribution in [2.45, 2.75) is 0 Å². The summed E-state index contributed by atoms with van der Waals surface area (Å²) in [5.41, 5.74) is 5.13. The van der Waals surface area contributed by atoms with Gasteiger partial charge in [0.05, 0.1) is 43.8 Å². The first-order valence-electron chi connectivity index (χ1n) is 12.8. The number of aromatic amines is 1. The highest BCUT2D eigenvalue weighted by molar-refractivity contribution is 6.00. The first-order valence-corrected chi connectivity index (χ1v) is 12.8. The van der Waals surface area contributed by atoms with Gasteiger partial charge >= 0.3 is 0 Å². The van der Waals surface area contributed by atoms with Gasteiger partial charge < -0.3 is 35.3 Å². The minimum atomic E-state index is -0.334. The van der Waals surface area contributed by atoms with E-state index < -0.39 is 0 Å². The van der Waals surface area contributed by atoms with E-state index in [0.717, 1.165) is 54.3 Å². The topological polar surface area (TPSA) is 129 Å². The predicted molar refractivity (Wildman–Crippen MR) is 146 cm³/mol. The van der Waals surface area contributed by atoms with Gasteiger partial charge in [-0.05, 0) is 30.3 Å². The van der Waals surface area contributed by atoms with Crippen LogP contribution in [0.4, 0.5) is 23.0 Å². The number of fused-ring (bicyclic) bond motifs is 1. The van der Waals surface area contributed by atoms with Crippen LogP contribution in [0.15, 0.2) is 48.8 Å². The fourth-order valence-electron chi connectivity index (χ4n) is 4.62. The molecular weight excluding hydrogens is 484 g/mol. The van der Waals surface area contributed by atoms with E-state index in [-0.39, 0.29) is 11.6 Å². The van der Waals surface area contributed by atoms with Gasteiger partial charge in [-0.15, -0.1) is 0 Å². The van der Waals surface area contributed by atoms with Crippen LogP contribution in [0.5, 0.6) is 0 Å². The molecule has 38 heavy (non-hydrogen) atoms. The molecule has 11 nitrogen and oxygen atoms in total. The lowest BCUT2D eigenvalue weighted by Gasteiger charge is -2.29. The summed E-state index contributed by atoms with van der Waals surface area (Å²) in [6, 6.07) is 13.9. The molecule has 0 aliphatic carbocycles. The SMILES string of the molecule is CNC(=O)c1nc(-c2cccc3[nH]cnc23)c(NCC2COC2)nc1Nc1ccc(N2CCOCC2)cc1. The zero-order valence-corrected chi connectivity index (χ0v) is 21.2. The number of H-pyrrole nitrogens is 1. The van der Waals surface area contributed by atoms with E-state index in [1.165, 1.54) is 0 Å². The Balaban J connectivity index is 1.38. The molecule has 2 saturated heterocycles. The van der Waals surface area contributed by atoms with Gasteiger partial charge in [-0.1, -0.05) is 12.1 Å². The van der Waals surface area contributed by atoms with Gasteiger partial charge in [-0.3, -0.25) is 4.79 Å². The van der Waals surface area contributed by atoms with E-state index in [1.807, 2.05) is 30.3 Å². The van der Waals surface area contributed by atoms with Crippen molar-refractivity contribution in [3.05, 3.63) is 54.5 Å². The van der Waals surface area contributed by atoms with E-state index >= 15 is 0 Å². The summed E-state index contributed by atoms with van der Waals surface area (Å²) in [5, 5.41) is 9.47. The number of imidazole rings is 1. The van der Waals surface area contributed by atoms with Crippen LogP contribution in [0.3, 0.4) is 0 Å². The van der Waals surface area contributed by atoms with Gasteiger partial charge in [0.15, 0.2) is 17.3 Å². The zero-order valence-electron chi connectivity index (χ0n) is 21.2. The highest BCUT2D eigenvalue weighted by Gasteiger charge is 2.24. The predicted octanol–water partition coefficient (Wildman–Crippen LogP) is 3.02. The fourth-order valence-corrected chi connectivity index (χ4v) is 4.62. The minimum absolute atomic E-state index is 0.199. The Morgan fingerprint density at radius 2 is 1.87 bits per heavy atom. The molecule has 0 bridgehead atoms. The average molecular weight is 515 g/mol. The number of amides is 1. The molecule has 11 heteroatoms. The van der Waals surface area contributed by atoms with E-state index in [0.29, 0.717) is 43.0 Å². The number of aromatic nitrogens is 4. The number of para-hydroxylation sites is 1. The van der Waals surface area contributed by atoms with Crippen molar-refractivity contribution in [1.29, 1.82) is 0 Å². The number of ether oxygens (including phenoxy) is 2. The standard InChI is InChI=1S/C27H30N8O3/c1-28-27(36)24-26(32-18-5-7-19(8-6-18)35-9-11-37-12-10-35)34-25(29-13-17-14-38-15-17)23(33-24)20-3-2-4-21-22(20)31-16-30-21/h2-8,16-17H,9-15H2,1H3,(H,28,36)(H,30,31)(H2,29,32,34). The maximum Gasteiger partial charge on any atom is 0.273 e. The van der Waals surface area contributed by atoms with Crippen molar-refractivity contribution in [2.24, 2.45) is 5.92 Å². The molecule has 2 aliphatic rings. The summed E-state index contributed by atoms with van der Waals surface area (Å²) >= 11 is 0. The molecule has 0 unspecified atom stereocenters. The molecule has 2 aromatic heterocycles. The van der Waals surface area contributed by atoms with Gasteiger partial charge in [0.25, 0.3) is 5.91 Å². The Labute approximate surface area is 220 Å². The van der Waals surface area contributed by atoms with Gasteiger partial charge in [0.1, 0.15) is 5.69 Å². The van der Waals surface area contributed by atoms with Crippen molar-refractivity contribution < 1.29 is 14.3 Å². The van der Waals surface area contributed by atoms with Crippen LogP contribution in [-0.4, -0.2) is 79.0 Å². The number of hydrogen-bond donors (Lipinski definition) is 4. The van der Waals surface area contributed by atoms with Crippen LogP contribution >= 0.6 is 0 Å². The van der Waals surface area contributed by atoms with Crippen LogP contribution in [0.25, 0.3) is 22.3 Å². The van der Waals surface area contributed by atoms with E-state index in [9.17, 15) is 4.79 Å². The number of nitrogens with one attached hydrogen (secondary N) is 4. The molecule has 2 aromatic carbocycles. The van der Waals surface area contributed by atoms with E-state index in [4.69, 9.17) is 19.4 Å². The highest BCUT2D eigenvalue weighted by Crippen LogP contribution is 2.33. The molecule has 2 aliphatic heterocycles. The summed E-state index contributed by atoms with van der Waals surface area (Å²) < 4.78 is 10.8. The normalized spacial score (nSPS) is 15.8. The summed E-state index contributed by atoms with van der Waals surface area (Å²) in [6.45, 7) is 5.29. The van der Waals surface area contributed by atoms with Gasteiger partial charge in [-0.25, -0.2) is 15.0 Å². The minimum Gasteiger partial charge on any atom is -0.381 e. The van der Waals surface area contributed by atoms with Crippen molar-refractivity contribution >= 4 is 40.0 Å². The molecule has 0 atom stereocenters. The lowest BCUT2D eigenvalue weighted by atomic mass is 10.1. The Hall–Kier alpha value is -4.22. The van der Waals surface area contributed by atoms with Crippen LogP contribution in [0.1, 0.15) is 10.5 Å². The maximum atomic E-state index is 13.0. The second kappa shape index (κ2) is 10.6. The molecule has 4 heterocycles. The van der Waals surface area contributed by atoms with Gasteiger partial charge in [-0.2, -0.15) is 0 Å². The lowest BCUT2D eigenvalue weighted by Crippen LogP contribution is -2.36. The Morgan fingerprint density at radius 1 is 1.05 bits per heavy atom. The van der Waals surface area contributed by atoms with Crippen LogP contribution in [0.2, 0.25) is 0 Å². The third-order valence-corrected chi connectivity index (χ3v) is 6.81. The molecule has 0 radical (unpaired) electrons. The number of anilines is 4. The lowest BCUT2D eigenvalue weighted by molar-refractivity contribution is -0.0248. The Morgan fingerprint density at radius 3 is 2.61 bits per heavy atom. The maximum absolute atomic E-state index is 13.0. The first kappa shape index (κ1) is 24.1. The average Bonchev–Trinajstić information content (AvgIpc) is 3.42. The second-order valence-corrected chi connectivity index (χ2v) is 9.36. The Bertz CT molecular complexity index is 1430. The molecule has 2 fully saturated rings. The second-order valence-electron chi connectivity index (χ2n) is 9.36. The molecule has 1 amide bonds. The molecule has 0 saturated carbocycles. The van der Waals surface area contributed by atoms with Crippen LogP contribution < -0.4 is 20.9 Å². The summed E-state index contributed by atoms with van der Waals surface area (Å²) in [5.74, 6) is 1.01. The number of carbonyl (C=O) groups is 1. The molecular formula is C27H30N8O3. The van der Waals surface area contributed by atoms with Crippen LogP contribution in [-0.2, 0) is 9.47 Å². The summed E-state index contributed by atoms with van der Waals surface area (Å²) in [7, 11) is 1.59. The van der Waals surface area contributed by atoms with Crippen molar-refractivity contribution in [2.75, 3.05) is 68.6 Å². The highest BCUT2D eigenvalue weighted by atomic mass is 16.5. The molecule has 6 rings (SSSR count). The zero-order chi connectivity index (χ0) is 25.9. The number of rotatable bonds is 8. The fraction of sp³-hybridized carbons (Fsp3) is 0.333. The third kappa shape index (κ3) is 4.85. The number of nitrogens with zero attached hydrogens (tertiary/aromatic N) is 4. The smallest absolute Gasteiger partial charge is 0.273 e. The summed E-state index contributed by atoms with van der Waals surface area (Å²) in [4.78, 5) is 32.6. The largest absolute Gasteiger partial charge is 0.381 e. The first-order chi connectivity index (χ1) is 18.7. The molecule has 0 spiro atoms. The quantitative estimate of drug-likeness (QED) is 0.280. The van der Waals surface area contributed by atoms with Crippen molar-refractivity contribution in [3.63, 3.8) is 0 Å². The Kier molecular flexibility index (Phi) is 6.76. The van der Waals surface area contributed by atoms with Crippen molar-refractivity contribution in [1.82, 2.24) is 25.3 Å². The monoisotopic (exact) mass is 514 g/mol. The van der Waals surface area contributed by atoms with Gasteiger partial charge in [0, 0.05) is 49.5 Å². The number of carbonyl (C=O) groups excluding carboxylic acids is 1. The number of hydrogen-bond acceptors (Lipinski definition) is 9. The number of benzene rings is 2. The number of morpholine rings is 1. The van der Waals surface area contributed by atoms with E-state index in [2.05, 4.69) is 43.0 Å². The third-order valence-electron chi connectivity index (χ3n) is 6.81. The van der Waals surface area contributed by atoms with Crippen molar-refractivity contribution in [3.8, 4) is 11.3 Å². The molecule has 4 N–H and O–H groups in total. The van der Waals surface area contributed by atoms with Crippen LogP contribution in [0, 0.1) is 5.92 Å². The molecule has 196 valence electrons. The molecule has 4 aromatic rings. The van der Waals surface area contributed by atoms with E-state index in [1.54, 1.807) is 13.4 Å². The summed E-state index contributed by atoms with van der Waals surface area (Å²) in [6.07, 6.45) is 1.65.